The molecule has 3 aromatic carbocycles. The Kier molecular flexibility index (Phi) is 12.1. The number of rotatable bonds is 12. The van der Waals surface area contributed by atoms with Crippen molar-refractivity contribution in [3.63, 3.8) is 0 Å². The quantitative estimate of drug-likeness (QED) is 0.198. The van der Waals surface area contributed by atoms with Crippen LogP contribution in [-0.2, 0) is 22.6 Å². The Labute approximate surface area is 234 Å². The summed E-state index contributed by atoms with van der Waals surface area (Å²) in [6.07, 6.45) is 3.87. The van der Waals surface area contributed by atoms with Crippen molar-refractivity contribution in [3.05, 3.63) is 144 Å². The van der Waals surface area contributed by atoms with Crippen LogP contribution < -0.4 is 10.1 Å². The van der Waals surface area contributed by atoms with Gasteiger partial charge in [-0.3, -0.25) is 4.98 Å². The molecule has 0 aliphatic carbocycles. The first-order chi connectivity index (χ1) is 19.4. The fourth-order valence-electron chi connectivity index (χ4n) is 4.05. The lowest BCUT2D eigenvalue weighted by Crippen LogP contribution is -2.32. The second-order valence-corrected chi connectivity index (χ2v) is 9.15. The molecule has 7 heteroatoms. The van der Waals surface area contributed by atoms with Gasteiger partial charge in [0.1, 0.15) is 12.4 Å². The second-order valence-electron chi connectivity index (χ2n) is 9.15. The molecule has 40 heavy (non-hydrogen) atoms. The first-order valence-corrected chi connectivity index (χ1v) is 13.0. The van der Waals surface area contributed by atoms with E-state index in [1.807, 2.05) is 30.3 Å². The molecule has 0 saturated carbocycles. The zero-order chi connectivity index (χ0) is 28.6. The van der Waals surface area contributed by atoms with Gasteiger partial charge in [0.25, 0.3) is 0 Å². The molecular weight excluding hydrogens is 504 g/mol. The number of nitrogens with zero attached hydrogens (tertiary/aromatic N) is 1. The summed E-state index contributed by atoms with van der Waals surface area (Å²) in [5.74, 6) is -1.31. The summed E-state index contributed by atoms with van der Waals surface area (Å²) in [4.78, 5) is 23.4. The van der Waals surface area contributed by atoms with Gasteiger partial charge in [0.2, 0.25) is 0 Å². The lowest BCUT2D eigenvalue weighted by atomic mass is 9.91. The van der Waals surface area contributed by atoms with E-state index in [4.69, 9.17) is 14.9 Å². The lowest BCUT2D eigenvalue weighted by molar-refractivity contribution is -0.134. The third-order valence-corrected chi connectivity index (χ3v) is 6.02. The molecule has 3 N–H and O–H groups in total. The Morgan fingerprint density at radius 1 is 0.800 bits per heavy atom. The summed E-state index contributed by atoms with van der Waals surface area (Å²) in [5, 5.41) is 19.4. The zero-order valence-corrected chi connectivity index (χ0v) is 22.4. The van der Waals surface area contributed by atoms with E-state index >= 15 is 0 Å². The van der Waals surface area contributed by atoms with Crippen molar-refractivity contribution in [2.75, 3.05) is 6.54 Å². The molecule has 1 heterocycles. The Hall–Kier alpha value is -4.75. The maximum Gasteiger partial charge on any atom is 0.328 e. The van der Waals surface area contributed by atoms with Crippen molar-refractivity contribution in [3.8, 4) is 5.75 Å². The van der Waals surface area contributed by atoms with Gasteiger partial charge >= 0.3 is 11.9 Å². The summed E-state index contributed by atoms with van der Waals surface area (Å²) in [7, 11) is 0. The molecule has 0 bridgehead atoms. The van der Waals surface area contributed by atoms with Crippen LogP contribution in [0.25, 0.3) is 0 Å². The van der Waals surface area contributed by atoms with E-state index in [0.29, 0.717) is 30.7 Å². The van der Waals surface area contributed by atoms with Gasteiger partial charge in [0.05, 0.1) is 5.69 Å². The highest BCUT2D eigenvalue weighted by Gasteiger charge is 2.15. The molecule has 0 amide bonds. The molecule has 0 fully saturated rings. The van der Waals surface area contributed by atoms with Crippen molar-refractivity contribution >= 4 is 11.9 Å². The molecule has 1 aromatic heterocycles. The number of hydrogen-bond acceptors (Lipinski definition) is 5. The zero-order valence-electron chi connectivity index (χ0n) is 22.4. The van der Waals surface area contributed by atoms with Gasteiger partial charge in [0, 0.05) is 36.9 Å². The van der Waals surface area contributed by atoms with Crippen LogP contribution in [0.3, 0.4) is 0 Å². The number of carboxylic acid groups (broad SMARTS) is 2. The minimum absolute atomic E-state index is 0.335. The van der Waals surface area contributed by atoms with Crippen LogP contribution in [0.15, 0.2) is 121 Å². The van der Waals surface area contributed by atoms with Gasteiger partial charge in [-0.25, -0.2) is 9.59 Å². The standard InChI is InChI=1S/C29H30N2O.C4H4O4/c1-23(20-24-15-17-28(18-16-24)32-22-27-14-8-9-19-30-27)31-21-29(25-10-4-2-5-11-25)26-12-6-3-7-13-26;5-3(6)1-2-4(7)8/h2-19,23,29,31H,20-22H2,1H3;1-2H,(H,5,6)(H,7,8)/b;2-1-. The van der Waals surface area contributed by atoms with Crippen LogP contribution in [0, 0.1) is 0 Å². The number of ether oxygens (including phenoxy) is 1. The van der Waals surface area contributed by atoms with E-state index in [1.165, 1.54) is 16.7 Å². The number of hydrogen-bond donors (Lipinski definition) is 3. The molecule has 1 unspecified atom stereocenters. The first-order valence-electron chi connectivity index (χ1n) is 13.0. The van der Waals surface area contributed by atoms with Gasteiger partial charge in [-0.1, -0.05) is 78.9 Å². The van der Waals surface area contributed by atoms with Crippen LogP contribution in [0.5, 0.6) is 5.75 Å². The minimum atomic E-state index is -1.26. The third kappa shape index (κ3) is 10.9. The summed E-state index contributed by atoms with van der Waals surface area (Å²) < 4.78 is 5.85. The predicted molar refractivity (Wildman–Crippen MR) is 155 cm³/mol. The highest BCUT2D eigenvalue weighted by atomic mass is 16.5. The minimum Gasteiger partial charge on any atom is -0.487 e. The SMILES string of the molecule is CC(Cc1ccc(OCc2ccccn2)cc1)NCC(c1ccccc1)c1ccccc1.O=C(O)/C=C\C(=O)O. The van der Waals surface area contributed by atoms with Gasteiger partial charge < -0.3 is 20.3 Å². The Morgan fingerprint density at radius 3 is 1.85 bits per heavy atom. The van der Waals surface area contributed by atoms with Gasteiger partial charge in [-0.05, 0) is 54.3 Å². The number of aliphatic carboxylic acids is 2. The molecule has 4 aromatic rings. The molecule has 7 nitrogen and oxygen atoms in total. The summed E-state index contributed by atoms with van der Waals surface area (Å²) in [5.41, 5.74) is 4.91. The Morgan fingerprint density at radius 2 is 1.35 bits per heavy atom. The molecule has 1 atom stereocenters. The predicted octanol–water partition coefficient (Wildman–Crippen LogP) is 5.73. The molecule has 206 valence electrons. The Bertz CT molecular complexity index is 1270. The molecule has 0 saturated heterocycles. The van der Waals surface area contributed by atoms with Crippen LogP contribution in [-0.4, -0.2) is 39.7 Å². The van der Waals surface area contributed by atoms with Gasteiger partial charge in [0.15, 0.2) is 0 Å². The largest absolute Gasteiger partial charge is 0.487 e. The van der Waals surface area contributed by atoms with Crippen molar-refractivity contribution in [1.82, 2.24) is 10.3 Å². The fourth-order valence-corrected chi connectivity index (χ4v) is 4.05. The van der Waals surface area contributed by atoms with E-state index in [1.54, 1.807) is 6.20 Å². The third-order valence-electron chi connectivity index (χ3n) is 6.02. The molecule has 0 aliphatic heterocycles. The molecule has 0 spiro atoms. The van der Waals surface area contributed by atoms with E-state index in [2.05, 4.69) is 90.0 Å². The first kappa shape index (κ1) is 29.8. The molecular formula is C33H34N2O5. The number of carbonyl (C=O) groups is 2. The van der Waals surface area contributed by atoms with Crippen LogP contribution >= 0.6 is 0 Å². The number of aromatic nitrogens is 1. The van der Waals surface area contributed by atoms with Crippen molar-refractivity contribution in [2.45, 2.75) is 31.9 Å². The lowest BCUT2D eigenvalue weighted by Gasteiger charge is -2.22. The average Bonchev–Trinajstić information content (AvgIpc) is 2.98. The van der Waals surface area contributed by atoms with Crippen LogP contribution in [0.1, 0.15) is 35.2 Å². The topological polar surface area (TPSA) is 109 Å². The van der Waals surface area contributed by atoms with Crippen molar-refractivity contribution in [2.24, 2.45) is 0 Å². The van der Waals surface area contributed by atoms with E-state index < -0.39 is 11.9 Å². The summed E-state index contributed by atoms with van der Waals surface area (Å²) >= 11 is 0. The number of pyridine rings is 1. The molecule has 0 aliphatic rings. The average molecular weight is 539 g/mol. The smallest absolute Gasteiger partial charge is 0.328 e. The fraction of sp³-hybridized carbons (Fsp3) is 0.182. The van der Waals surface area contributed by atoms with Crippen molar-refractivity contribution in [1.29, 1.82) is 0 Å². The number of carboxylic acids is 2. The monoisotopic (exact) mass is 538 g/mol. The second kappa shape index (κ2) is 16.3. The summed E-state index contributed by atoms with van der Waals surface area (Å²) in [6.45, 7) is 3.64. The highest BCUT2D eigenvalue weighted by molar-refractivity contribution is 5.89. The normalized spacial score (nSPS) is 11.4. The maximum absolute atomic E-state index is 9.55. The van der Waals surface area contributed by atoms with Crippen molar-refractivity contribution < 1.29 is 24.5 Å². The van der Waals surface area contributed by atoms with E-state index in [9.17, 15) is 9.59 Å². The molecule has 4 rings (SSSR count). The number of benzene rings is 3. The van der Waals surface area contributed by atoms with Crippen LogP contribution in [0.4, 0.5) is 0 Å². The number of nitrogens with one attached hydrogen (secondary N) is 1. The van der Waals surface area contributed by atoms with Gasteiger partial charge in [-0.2, -0.15) is 0 Å². The van der Waals surface area contributed by atoms with Crippen LogP contribution in [0.2, 0.25) is 0 Å². The maximum atomic E-state index is 9.55. The highest BCUT2D eigenvalue weighted by Crippen LogP contribution is 2.24. The van der Waals surface area contributed by atoms with E-state index in [0.717, 1.165) is 24.4 Å². The van der Waals surface area contributed by atoms with E-state index in [-0.39, 0.29) is 0 Å². The van der Waals surface area contributed by atoms with Gasteiger partial charge in [-0.15, -0.1) is 0 Å². The Balaban J connectivity index is 0.000000482. The summed E-state index contributed by atoms with van der Waals surface area (Å²) in [6, 6.07) is 36.1. The molecule has 0 radical (unpaired) electrons.